The molecule has 14 heteroatoms. The highest BCUT2D eigenvalue weighted by atomic mass is 32.1. The number of aryl methyl sites for hydroxylation is 2. The van der Waals surface area contributed by atoms with Crippen LogP contribution >= 0.6 is 11.3 Å². The van der Waals surface area contributed by atoms with E-state index < -0.39 is 35.5 Å². The molecule has 0 fully saturated rings. The summed E-state index contributed by atoms with van der Waals surface area (Å²) in [5.74, 6) is -0.516. The van der Waals surface area contributed by atoms with Gasteiger partial charge in [0.25, 0.3) is 5.91 Å². The number of aromatic nitrogens is 3. The van der Waals surface area contributed by atoms with Gasteiger partial charge in [-0.05, 0) is 59.1 Å². The summed E-state index contributed by atoms with van der Waals surface area (Å²) in [5.41, 5.74) is 0.787. The fraction of sp³-hybridized carbons (Fsp3) is 0.500. The van der Waals surface area contributed by atoms with Crippen LogP contribution in [0.3, 0.4) is 0 Å². The zero-order valence-electron chi connectivity index (χ0n) is 26.2. The van der Waals surface area contributed by atoms with Gasteiger partial charge in [0, 0.05) is 44.1 Å². The maximum atomic E-state index is 13.3. The van der Waals surface area contributed by atoms with Gasteiger partial charge < -0.3 is 29.5 Å². The SMILES string of the molecule is CCCOC(=O)c1sc(NC(=O)C[C@H](CCCN(C)C(=O)OC(C)(C)C)NC(=O)c2cccc(-c3noc(C)n3)c2)nc1C. The van der Waals surface area contributed by atoms with E-state index in [0.29, 0.717) is 65.8 Å². The summed E-state index contributed by atoms with van der Waals surface area (Å²) in [7, 11) is 1.63. The summed E-state index contributed by atoms with van der Waals surface area (Å²) in [5, 5.41) is 9.84. The summed E-state index contributed by atoms with van der Waals surface area (Å²) in [6, 6.07) is 6.18. The molecule has 3 rings (SSSR count). The Hall–Kier alpha value is -4.33. The summed E-state index contributed by atoms with van der Waals surface area (Å²) < 4.78 is 15.6. The van der Waals surface area contributed by atoms with Crippen molar-refractivity contribution in [1.82, 2.24) is 25.3 Å². The second kappa shape index (κ2) is 15.4. The zero-order chi connectivity index (χ0) is 32.4. The van der Waals surface area contributed by atoms with Gasteiger partial charge in [0.05, 0.1) is 12.3 Å². The molecule has 1 aromatic carbocycles. The molecule has 0 saturated heterocycles. The molecule has 2 N–H and O–H groups in total. The Bertz CT molecular complexity index is 1460. The third-order valence-corrected chi connectivity index (χ3v) is 7.15. The second-order valence-corrected chi connectivity index (χ2v) is 12.3. The summed E-state index contributed by atoms with van der Waals surface area (Å²) in [6.07, 6.45) is 1.03. The number of esters is 1. The number of anilines is 1. The van der Waals surface area contributed by atoms with Crippen LogP contribution in [0, 0.1) is 13.8 Å². The number of hydrogen-bond donors (Lipinski definition) is 2. The normalized spacial score (nSPS) is 11.9. The van der Waals surface area contributed by atoms with Gasteiger partial charge in [0.2, 0.25) is 17.6 Å². The van der Waals surface area contributed by atoms with E-state index in [1.165, 1.54) is 4.90 Å². The molecule has 44 heavy (non-hydrogen) atoms. The van der Waals surface area contributed by atoms with E-state index in [1.807, 2.05) is 6.92 Å². The largest absolute Gasteiger partial charge is 0.461 e. The van der Waals surface area contributed by atoms with E-state index >= 15 is 0 Å². The predicted molar refractivity (Wildman–Crippen MR) is 164 cm³/mol. The van der Waals surface area contributed by atoms with E-state index in [4.69, 9.17) is 14.0 Å². The van der Waals surface area contributed by atoms with Crippen LogP contribution < -0.4 is 10.6 Å². The number of hydrogen-bond acceptors (Lipinski definition) is 11. The molecule has 0 bridgehead atoms. The Kier molecular flexibility index (Phi) is 12.0. The first-order valence-corrected chi connectivity index (χ1v) is 15.2. The van der Waals surface area contributed by atoms with Crippen LogP contribution in [-0.4, -0.2) is 75.7 Å². The third-order valence-electron chi connectivity index (χ3n) is 6.09. The fourth-order valence-electron chi connectivity index (χ4n) is 4.01. The van der Waals surface area contributed by atoms with Crippen molar-refractivity contribution in [3.8, 4) is 11.4 Å². The van der Waals surface area contributed by atoms with E-state index in [2.05, 4.69) is 25.8 Å². The molecule has 2 aromatic heterocycles. The highest BCUT2D eigenvalue weighted by Crippen LogP contribution is 2.24. The van der Waals surface area contributed by atoms with Crippen molar-refractivity contribution >= 4 is 40.3 Å². The monoisotopic (exact) mass is 628 g/mol. The zero-order valence-corrected chi connectivity index (χ0v) is 27.0. The maximum Gasteiger partial charge on any atom is 0.410 e. The number of ether oxygens (including phenoxy) is 2. The molecule has 1 atom stereocenters. The molecule has 0 aliphatic rings. The first-order chi connectivity index (χ1) is 20.8. The molecule has 0 aliphatic carbocycles. The number of carbonyl (C=O) groups excluding carboxylic acids is 4. The van der Waals surface area contributed by atoms with Crippen LogP contribution in [0.15, 0.2) is 28.8 Å². The average Bonchev–Trinajstić information content (AvgIpc) is 3.55. The topological polar surface area (TPSA) is 166 Å². The quantitative estimate of drug-likeness (QED) is 0.242. The van der Waals surface area contributed by atoms with E-state index in [9.17, 15) is 19.2 Å². The number of rotatable bonds is 13. The molecule has 13 nitrogen and oxygen atoms in total. The standard InChI is InChI=1S/C30H40N6O7S/c1-8-15-41-27(39)24-18(2)31-28(44-24)34-23(37)17-22(13-10-14-36(7)29(40)42-30(4,5)6)33-26(38)21-12-9-11-20(16-21)25-32-19(3)43-35-25/h9,11-12,16,22H,8,10,13-15,17H2,1-7H3,(H,33,38)(H,31,34,37)/t22-/m0/s1. The lowest BCUT2D eigenvalue weighted by Crippen LogP contribution is -2.39. The predicted octanol–water partition coefficient (Wildman–Crippen LogP) is 5.15. The third kappa shape index (κ3) is 10.4. The van der Waals surface area contributed by atoms with Crippen molar-refractivity contribution in [3.63, 3.8) is 0 Å². The van der Waals surface area contributed by atoms with Gasteiger partial charge >= 0.3 is 12.1 Å². The Morgan fingerprint density at radius 3 is 2.55 bits per heavy atom. The van der Waals surface area contributed by atoms with Gasteiger partial charge in [-0.3, -0.25) is 9.59 Å². The minimum atomic E-state index is -0.630. The van der Waals surface area contributed by atoms with Crippen LogP contribution in [0.1, 0.15) is 85.0 Å². The number of nitrogens with zero attached hydrogens (tertiary/aromatic N) is 4. The average molecular weight is 629 g/mol. The van der Waals surface area contributed by atoms with Gasteiger partial charge in [-0.2, -0.15) is 4.98 Å². The number of amides is 3. The molecule has 0 radical (unpaired) electrons. The molecule has 0 saturated carbocycles. The minimum Gasteiger partial charge on any atom is -0.461 e. The van der Waals surface area contributed by atoms with Gasteiger partial charge in [-0.1, -0.05) is 35.5 Å². The second-order valence-electron chi connectivity index (χ2n) is 11.3. The van der Waals surface area contributed by atoms with Gasteiger partial charge in [-0.15, -0.1) is 0 Å². The lowest BCUT2D eigenvalue weighted by molar-refractivity contribution is -0.116. The fourth-order valence-corrected chi connectivity index (χ4v) is 4.89. The molecule has 0 unspecified atom stereocenters. The van der Waals surface area contributed by atoms with Crippen LogP contribution in [-0.2, 0) is 14.3 Å². The smallest absolute Gasteiger partial charge is 0.410 e. The van der Waals surface area contributed by atoms with Crippen molar-refractivity contribution in [2.24, 2.45) is 0 Å². The molecule has 2 heterocycles. The van der Waals surface area contributed by atoms with E-state index in [0.717, 1.165) is 11.3 Å². The van der Waals surface area contributed by atoms with Crippen molar-refractivity contribution in [2.45, 2.75) is 78.9 Å². The lowest BCUT2D eigenvalue weighted by Gasteiger charge is -2.25. The van der Waals surface area contributed by atoms with Crippen LogP contribution in [0.2, 0.25) is 0 Å². The van der Waals surface area contributed by atoms with Crippen molar-refractivity contribution in [2.75, 3.05) is 25.5 Å². The molecular weight excluding hydrogens is 588 g/mol. The molecular formula is C30H40N6O7S. The van der Waals surface area contributed by atoms with Crippen molar-refractivity contribution < 1.29 is 33.2 Å². The van der Waals surface area contributed by atoms with Crippen LogP contribution in [0.25, 0.3) is 11.4 Å². The Balaban J connectivity index is 1.70. The van der Waals surface area contributed by atoms with Gasteiger partial charge in [0.1, 0.15) is 10.5 Å². The minimum absolute atomic E-state index is 0.0696. The molecule has 0 spiro atoms. The molecule has 3 aromatic rings. The number of carbonyl (C=O) groups is 4. The van der Waals surface area contributed by atoms with Crippen molar-refractivity contribution in [1.29, 1.82) is 0 Å². The first kappa shape index (κ1) is 34.2. The number of nitrogens with one attached hydrogen (secondary N) is 2. The Morgan fingerprint density at radius 1 is 1.14 bits per heavy atom. The maximum absolute atomic E-state index is 13.3. The molecule has 0 aliphatic heterocycles. The van der Waals surface area contributed by atoms with E-state index in [1.54, 1.807) is 65.9 Å². The van der Waals surface area contributed by atoms with Crippen molar-refractivity contribution in [3.05, 3.63) is 46.3 Å². The molecule has 238 valence electrons. The van der Waals surface area contributed by atoms with E-state index in [-0.39, 0.29) is 11.6 Å². The Morgan fingerprint density at radius 2 is 1.89 bits per heavy atom. The lowest BCUT2D eigenvalue weighted by atomic mass is 10.1. The van der Waals surface area contributed by atoms with Crippen LogP contribution in [0.4, 0.5) is 9.93 Å². The van der Waals surface area contributed by atoms with Crippen LogP contribution in [0.5, 0.6) is 0 Å². The van der Waals surface area contributed by atoms with Gasteiger partial charge in [-0.25, -0.2) is 14.6 Å². The summed E-state index contributed by atoms with van der Waals surface area (Å²) >= 11 is 1.03. The highest BCUT2D eigenvalue weighted by Gasteiger charge is 2.23. The Labute approximate surface area is 260 Å². The van der Waals surface area contributed by atoms with Gasteiger partial charge in [0.15, 0.2) is 5.13 Å². The summed E-state index contributed by atoms with van der Waals surface area (Å²) in [4.78, 5) is 61.3. The summed E-state index contributed by atoms with van der Waals surface area (Å²) in [6.45, 7) is 11.3. The molecule has 3 amide bonds. The number of thiazole rings is 1. The number of benzene rings is 1. The highest BCUT2D eigenvalue weighted by molar-refractivity contribution is 7.17. The first-order valence-electron chi connectivity index (χ1n) is 14.4.